The molecule has 9 heteroatoms. The minimum atomic E-state index is -0.390. The predicted molar refractivity (Wildman–Crippen MR) is 110 cm³/mol. The lowest BCUT2D eigenvalue weighted by Gasteiger charge is -2.09. The SMILES string of the molecule is CCc1cc2c(=O)n(CC(=O)Nc3ncc(-c4ccc(F)cc4)n3C)cnc2s1. The third-order valence-corrected chi connectivity index (χ3v) is 5.80. The van der Waals surface area contributed by atoms with Crippen molar-refractivity contribution in [1.82, 2.24) is 19.1 Å². The van der Waals surface area contributed by atoms with Crippen molar-refractivity contribution >= 4 is 33.4 Å². The molecular formula is C20H18FN5O2S. The molecule has 0 atom stereocenters. The number of anilines is 1. The van der Waals surface area contributed by atoms with E-state index in [4.69, 9.17) is 0 Å². The Labute approximate surface area is 169 Å². The average molecular weight is 411 g/mol. The molecule has 29 heavy (non-hydrogen) atoms. The molecule has 3 aromatic heterocycles. The van der Waals surface area contributed by atoms with Crippen molar-refractivity contribution in [1.29, 1.82) is 0 Å². The number of fused-ring (bicyclic) bond motifs is 1. The minimum absolute atomic E-state index is 0.169. The van der Waals surface area contributed by atoms with Crippen LogP contribution in [0.4, 0.5) is 10.3 Å². The van der Waals surface area contributed by atoms with Gasteiger partial charge in [-0.3, -0.25) is 19.5 Å². The van der Waals surface area contributed by atoms with E-state index < -0.39 is 5.91 Å². The van der Waals surface area contributed by atoms with Crippen molar-refractivity contribution in [3.63, 3.8) is 0 Å². The number of carbonyl (C=O) groups is 1. The number of carbonyl (C=O) groups excluding carboxylic acids is 1. The first kappa shape index (κ1) is 19.0. The Hall–Kier alpha value is -3.33. The summed E-state index contributed by atoms with van der Waals surface area (Å²) in [5.41, 5.74) is 1.26. The number of imidazole rings is 1. The predicted octanol–water partition coefficient (Wildman–Crippen LogP) is 3.20. The van der Waals surface area contributed by atoms with Crippen LogP contribution in [0.25, 0.3) is 21.5 Å². The Morgan fingerprint density at radius 1 is 1.24 bits per heavy atom. The first-order chi connectivity index (χ1) is 14.0. The molecule has 0 aliphatic heterocycles. The van der Waals surface area contributed by atoms with Crippen molar-refractivity contribution in [3.8, 4) is 11.3 Å². The van der Waals surface area contributed by atoms with Crippen LogP contribution in [0.15, 0.2) is 47.7 Å². The van der Waals surface area contributed by atoms with Gasteiger partial charge in [0.1, 0.15) is 17.2 Å². The molecular weight excluding hydrogens is 393 g/mol. The van der Waals surface area contributed by atoms with E-state index in [9.17, 15) is 14.0 Å². The number of rotatable bonds is 5. The van der Waals surface area contributed by atoms with Crippen LogP contribution in [-0.4, -0.2) is 25.0 Å². The van der Waals surface area contributed by atoms with Crippen LogP contribution in [0.1, 0.15) is 11.8 Å². The number of benzene rings is 1. The van der Waals surface area contributed by atoms with Crippen LogP contribution < -0.4 is 10.9 Å². The lowest BCUT2D eigenvalue weighted by atomic mass is 10.2. The highest BCUT2D eigenvalue weighted by Gasteiger charge is 2.14. The van der Waals surface area contributed by atoms with Gasteiger partial charge in [0, 0.05) is 17.5 Å². The third kappa shape index (κ3) is 3.68. The maximum Gasteiger partial charge on any atom is 0.262 e. The monoisotopic (exact) mass is 411 g/mol. The Morgan fingerprint density at radius 2 is 2.00 bits per heavy atom. The molecule has 0 bridgehead atoms. The highest BCUT2D eigenvalue weighted by atomic mass is 32.1. The molecule has 1 amide bonds. The van der Waals surface area contributed by atoms with Crippen LogP contribution >= 0.6 is 11.3 Å². The smallest absolute Gasteiger partial charge is 0.262 e. The number of amides is 1. The number of thiophene rings is 1. The van der Waals surface area contributed by atoms with E-state index >= 15 is 0 Å². The van der Waals surface area contributed by atoms with Gasteiger partial charge >= 0.3 is 0 Å². The number of hydrogen-bond donors (Lipinski definition) is 1. The molecule has 4 rings (SSSR count). The van der Waals surface area contributed by atoms with Gasteiger partial charge in [-0.1, -0.05) is 6.92 Å². The fourth-order valence-corrected chi connectivity index (χ4v) is 3.96. The van der Waals surface area contributed by atoms with E-state index in [0.717, 1.165) is 22.6 Å². The second-order valence-corrected chi connectivity index (χ2v) is 7.66. The molecule has 4 aromatic rings. The number of nitrogens with one attached hydrogen (secondary N) is 1. The van der Waals surface area contributed by atoms with Gasteiger partial charge in [-0.15, -0.1) is 11.3 Å². The lowest BCUT2D eigenvalue weighted by molar-refractivity contribution is -0.116. The first-order valence-corrected chi connectivity index (χ1v) is 9.83. The summed E-state index contributed by atoms with van der Waals surface area (Å²) < 4.78 is 16.1. The van der Waals surface area contributed by atoms with Crippen molar-refractivity contribution in [2.45, 2.75) is 19.9 Å². The van der Waals surface area contributed by atoms with E-state index in [1.807, 2.05) is 13.0 Å². The van der Waals surface area contributed by atoms with Gasteiger partial charge < -0.3 is 4.57 Å². The van der Waals surface area contributed by atoms with Gasteiger partial charge in [0.15, 0.2) is 0 Å². The maximum absolute atomic E-state index is 13.1. The van der Waals surface area contributed by atoms with E-state index in [-0.39, 0.29) is 17.9 Å². The summed E-state index contributed by atoms with van der Waals surface area (Å²) in [6, 6.07) is 7.85. The molecule has 0 aliphatic rings. The summed E-state index contributed by atoms with van der Waals surface area (Å²) in [7, 11) is 1.75. The largest absolute Gasteiger partial charge is 0.313 e. The molecule has 0 radical (unpaired) electrons. The summed E-state index contributed by atoms with van der Waals surface area (Å²) in [6.45, 7) is 1.85. The van der Waals surface area contributed by atoms with Gasteiger partial charge in [0.25, 0.3) is 5.56 Å². The minimum Gasteiger partial charge on any atom is -0.313 e. The zero-order valence-electron chi connectivity index (χ0n) is 15.8. The molecule has 3 heterocycles. The molecule has 0 unspecified atom stereocenters. The summed E-state index contributed by atoms with van der Waals surface area (Å²) in [4.78, 5) is 35.4. The number of halogens is 1. The summed E-state index contributed by atoms with van der Waals surface area (Å²) in [5, 5.41) is 3.23. The van der Waals surface area contributed by atoms with Gasteiger partial charge in [-0.2, -0.15) is 0 Å². The van der Waals surface area contributed by atoms with Crippen LogP contribution in [0.3, 0.4) is 0 Å². The molecule has 0 aliphatic carbocycles. The molecule has 0 spiro atoms. The van der Waals surface area contributed by atoms with Crippen molar-refractivity contribution in [2.24, 2.45) is 7.05 Å². The highest BCUT2D eigenvalue weighted by molar-refractivity contribution is 7.18. The highest BCUT2D eigenvalue weighted by Crippen LogP contribution is 2.23. The fraction of sp³-hybridized carbons (Fsp3) is 0.200. The number of hydrogen-bond acceptors (Lipinski definition) is 5. The van der Waals surface area contributed by atoms with Gasteiger partial charge in [0.05, 0.1) is 23.6 Å². The Kier molecular flexibility index (Phi) is 4.98. The standard InChI is InChI=1S/C20H18FN5O2S/c1-3-14-8-15-18(29-14)23-11-26(19(15)28)10-17(27)24-20-22-9-16(25(20)2)12-4-6-13(21)7-5-12/h4-9,11H,3,10H2,1-2H3,(H,22,24,27). The van der Waals surface area contributed by atoms with Crippen LogP contribution in [0.5, 0.6) is 0 Å². The summed E-state index contributed by atoms with van der Waals surface area (Å²) >= 11 is 1.48. The average Bonchev–Trinajstić information content (AvgIpc) is 3.29. The van der Waals surface area contributed by atoms with Gasteiger partial charge in [-0.05, 0) is 36.8 Å². The van der Waals surface area contributed by atoms with E-state index in [1.165, 1.54) is 34.4 Å². The third-order valence-electron chi connectivity index (χ3n) is 4.61. The van der Waals surface area contributed by atoms with Crippen molar-refractivity contribution in [2.75, 3.05) is 5.32 Å². The summed E-state index contributed by atoms with van der Waals surface area (Å²) in [5.74, 6) is -0.379. The Balaban J connectivity index is 1.53. The molecule has 0 saturated carbocycles. The number of nitrogens with zero attached hydrogens (tertiary/aromatic N) is 4. The van der Waals surface area contributed by atoms with Crippen LogP contribution in [0, 0.1) is 5.82 Å². The molecule has 1 aromatic carbocycles. The van der Waals surface area contributed by atoms with Crippen molar-refractivity contribution < 1.29 is 9.18 Å². The second-order valence-electron chi connectivity index (χ2n) is 6.54. The topological polar surface area (TPSA) is 81.8 Å². The zero-order valence-corrected chi connectivity index (χ0v) is 16.7. The fourth-order valence-electron chi connectivity index (χ4n) is 3.03. The maximum atomic E-state index is 13.1. The number of aromatic nitrogens is 4. The van der Waals surface area contributed by atoms with Crippen molar-refractivity contribution in [3.05, 3.63) is 63.9 Å². The van der Waals surface area contributed by atoms with Gasteiger partial charge in [0.2, 0.25) is 11.9 Å². The molecule has 0 fully saturated rings. The molecule has 7 nitrogen and oxygen atoms in total. The summed E-state index contributed by atoms with van der Waals surface area (Å²) in [6.07, 6.45) is 3.82. The second kappa shape index (κ2) is 7.59. The van der Waals surface area contributed by atoms with Crippen LogP contribution in [0.2, 0.25) is 0 Å². The number of aryl methyl sites for hydroxylation is 1. The normalized spacial score (nSPS) is 11.1. The molecule has 148 valence electrons. The molecule has 1 N–H and O–H groups in total. The van der Waals surface area contributed by atoms with Gasteiger partial charge in [-0.25, -0.2) is 14.4 Å². The Morgan fingerprint density at radius 3 is 2.72 bits per heavy atom. The van der Waals surface area contributed by atoms with E-state index in [0.29, 0.717) is 16.2 Å². The van der Waals surface area contributed by atoms with E-state index in [1.54, 1.807) is 29.9 Å². The molecule has 0 saturated heterocycles. The van der Waals surface area contributed by atoms with Crippen LogP contribution in [-0.2, 0) is 24.8 Å². The Bertz CT molecular complexity index is 1260. The lowest BCUT2D eigenvalue weighted by Crippen LogP contribution is -2.28. The first-order valence-electron chi connectivity index (χ1n) is 9.01. The van der Waals surface area contributed by atoms with E-state index in [2.05, 4.69) is 15.3 Å². The zero-order chi connectivity index (χ0) is 20.5. The quantitative estimate of drug-likeness (QED) is 0.547.